The zero-order valence-corrected chi connectivity index (χ0v) is 14.5. The third-order valence-corrected chi connectivity index (χ3v) is 4.87. The van der Waals surface area contributed by atoms with E-state index in [9.17, 15) is 4.79 Å². The van der Waals surface area contributed by atoms with Gasteiger partial charge in [-0.2, -0.15) is 0 Å². The van der Waals surface area contributed by atoms with Crippen LogP contribution in [0.25, 0.3) is 33.1 Å². The molecule has 0 bridgehead atoms. The van der Waals surface area contributed by atoms with E-state index in [0.29, 0.717) is 11.1 Å². The van der Waals surface area contributed by atoms with Gasteiger partial charge in [-0.1, -0.05) is 60.7 Å². The number of aromatic amines is 1. The van der Waals surface area contributed by atoms with Crippen LogP contribution < -0.4 is 0 Å². The largest absolute Gasteiger partial charge is 0.353 e. The van der Waals surface area contributed by atoms with Crippen LogP contribution in [0.4, 0.5) is 0 Å². The third-order valence-electron chi connectivity index (χ3n) is 4.87. The first-order chi connectivity index (χ1) is 13.3. The van der Waals surface area contributed by atoms with Crippen molar-refractivity contribution in [1.82, 2.24) is 9.97 Å². The minimum atomic E-state index is -0.00106. The summed E-state index contributed by atoms with van der Waals surface area (Å²) in [5, 5.41) is 3.09. The molecule has 0 saturated heterocycles. The van der Waals surface area contributed by atoms with E-state index < -0.39 is 0 Å². The minimum Gasteiger partial charge on any atom is -0.353 e. The molecule has 3 nitrogen and oxygen atoms in total. The van der Waals surface area contributed by atoms with Crippen molar-refractivity contribution in [3.63, 3.8) is 0 Å². The van der Waals surface area contributed by atoms with Crippen LogP contribution in [-0.2, 0) is 0 Å². The molecule has 0 fully saturated rings. The van der Waals surface area contributed by atoms with Gasteiger partial charge in [-0.25, -0.2) is 0 Å². The molecule has 0 amide bonds. The van der Waals surface area contributed by atoms with E-state index in [1.54, 1.807) is 6.20 Å². The van der Waals surface area contributed by atoms with Crippen LogP contribution in [0.5, 0.6) is 0 Å². The predicted octanol–water partition coefficient (Wildman–Crippen LogP) is 5.61. The van der Waals surface area contributed by atoms with Crippen molar-refractivity contribution < 1.29 is 4.79 Å². The number of rotatable bonds is 3. The molecule has 0 atom stereocenters. The fourth-order valence-electron chi connectivity index (χ4n) is 3.56. The summed E-state index contributed by atoms with van der Waals surface area (Å²) >= 11 is 0. The number of ketones is 1. The molecule has 0 aliphatic carbocycles. The lowest BCUT2D eigenvalue weighted by molar-refractivity contribution is 0.104. The number of carbonyl (C=O) groups excluding carboxylic acids is 1. The summed E-state index contributed by atoms with van der Waals surface area (Å²) < 4.78 is 0. The number of nitrogens with one attached hydrogen (secondary N) is 1. The van der Waals surface area contributed by atoms with Gasteiger partial charge < -0.3 is 4.98 Å². The smallest absolute Gasteiger partial charge is 0.195 e. The molecule has 3 heteroatoms. The van der Waals surface area contributed by atoms with Crippen molar-refractivity contribution in [2.24, 2.45) is 0 Å². The highest BCUT2D eigenvalue weighted by atomic mass is 16.1. The van der Waals surface area contributed by atoms with E-state index >= 15 is 0 Å². The van der Waals surface area contributed by atoms with Gasteiger partial charge in [0.15, 0.2) is 5.78 Å². The van der Waals surface area contributed by atoms with Gasteiger partial charge in [0.25, 0.3) is 0 Å². The van der Waals surface area contributed by atoms with Crippen LogP contribution in [0, 0.1) is 0 Å². The van der Waals surface area contributed by atoms with Crippen molar-refractivity contribution in [3.8, 4) is 11.4 Å². The van der Waals surface area contributed by atoms with Gasteiger partial charge in [0.05, 0.1) is 17.0 Å². The summed E-state index contributed by atoms with van der Waals surface area (Å²) in [6.07, 6.45) is 1.74. The maximum Gasteiger partial charge on any atom is 0.195 e. The second kappa shape index (κ2) is 6.22. The molecule has 0 unspecified atom stereocenters. The summed E-state index contributed by atoms with van der Waals surface area (Å²) in [6.45, 7) is 0. The highest BCUT2D eigenvalue weighted by Crippen LogP contribution is 2.31. The Kier molecular flexibility index (Phi) is 3.58. The fraction of sp³-hybridized carbons (Fsp3) is 0. The van der Waals surface area contributed by atoms with Crippen molar-refractivity contribution >= 4 is 27.5 Å². The number of benzene rings is 3. The number of pyridine rings is 1. The third kappa shape index (κ3) is 2.61. The Morgan fingerprint density at radius 2 is 1.56 bits per heavy atom. The highest BCUT2D eigenvalue weighted by molar-refractivity contribution is 6.20. The number of H-pyrrole nitrogens is 1. The quantitative estimate of drug-likeness (QED) is 0.431. The molecule has 128 valence electrons. The molecule has 2 heterocycles. The SMILES string of the molecule is O=C(c1ccc2ccccc2c1)c1c(-c2ccccn2)[nH]c2ccccc12. The van der Waals surface area contributed by atoms with E-state index in [1.165, 1.54) is 0 Å². The average Bonchev–Trinajstić information content (AvgIpc) is 3.13. The average molecular weight is 348 g/mol. The molecule has 3 aromatic carbocycles. The molecular weight excluding hydrogens is 332 g/mol. The number of hydrogen-bond donors (Lipinski definition) is 1. The maximum absolute atomic E-state index is 13.5. The second-order valence-corrected chi connectivity index (χ2v) is 6.53. The normalized spacial score (nSPS) is 11.1. The number of para-hydroxylation sites is 1. The van der Waals surface area contributed by atoms with Crippen LogP contribution in [-0.4, -0.2) is 15.8 Å². The van der Waals surface area contributed by atoms with E-state index in [4.69, 9.17) is 0 Å². The Morgan fingerprint density at radius 1 is 0.778 bits per heavy atom. The minimum absolute atomic E-state index is 0.00106. The van der Waals surface area contributed by atoms with Crippen LogP contribution in [0.1, 0.15) is 15.9 Å². The summed E-state index contributed by atoms with van der Waals surface area (Å²) in [4.78, 5) is 21.3. The molecule has 0 radical (unpaired) electrons. The van der Waals surface area contributed by atoms with Crippen molar-refractivity contribution in [2.45, 2.75) is 0 Å². The molecule has 2 aromatic heterocycles. The van der Waals surface area contributed by atoms with Crippen molar-refractivity contribution in [1.29, 1.82) is 0 Å². The Balaban J connectivity index is 1.74. The van der Waals surface area contributed by atoms with E-state index in [1.807, 2.05) is 78.9 Å². The second-order valence-electron chi connectivity index (χ2n) is 6.53. The van der Waals surface area contributed by atoms with Gasteiger partial charge in [0, 0.05) is 22.7 Å². The maximum atomic E-state index is 13.5. The standard InChI is InChI=1S/C24H16N2O/c27-24(18-13-12-16-7-1-2-8-17(16)15-18)22-19-9-3-4-10-20(19)26-23(22)21-11-5-6-14-25-21/h1-15,26H. The number of fused-ring (bicyclic) bond motifs is 2. The van der Waals surface area contributed by atoms with Gasteiger partial charge >= 0.3 is 0 Å². The Labute approximate surface area is 156 Å². The molecule has 0 saturated carbocycles. The molecule has 0 aliphatic heterocycles. The summed E-state index contributed by atoms with van der Waals surface area (Å²) in [7, 11) is 0. The summed E-state index contributed by atoms with van der Waals surface area (Å²) in [5.41, 5.74) is 3.80. The van der Waals surface area contributed by atoms with Gasteiger partial charge in [0.1, 0.15) is 0 Å². The van der Waals surface area contributed by atoms with Crippen LogP contribution in [0.2, 0.25) is 0 Å². The lowest BCUT2D eigenvalue weighted by Crippen LogP contribution is -2.03. The fourth-order valence-corrected chi connectivity index (χ4v) is 3.56. The topological polar surface area (TPSA) is 45.8 Å². The molecular formula is C24H16N2O. The Hall–Kier alpha value is -3.72. The number of hydrogen-bond acceptors (Lipinski definition) is 2. The first-order valence-corrected chi connectivity index (χ1v) is 8.87. The van der Waals surface area contributed by atoms with E-state index in [0.717, 1.165) is 33.1 Å². The van der Waals surface area contributed by atoms with Gasteiger partial charge in [-0.05, 0) is 35.0 Å². The predicted molar refractivity (Wildman–Crippen MR) is 109 cm³/mol. The zero-order valence-electron chi connectivity index (χ0n) is 14.5. The number of nitrogens with zero attached hydrogens (tertiary/aromatic N) is 1. The van der Waals surface area contributed by atoms with Gasteiger partial charge in [0.2, 0.25) is 0 Å². The van der Waals surface area contributed by atoms with E-state index in [-0.39, 0.29) is 5.78 Å². The zero-order chi connectivity index (χ0) is 18.2. The van der Waals surface area contributed by atoms with Crippen molar-refractivity contribution in [3.05, 3.63) is 102 Å². The molecule has 0 aliphatic rings. The molecule has 1 N–H and O–H groups in total. The van der Waals surface area contributed by atoms with Gasteiger partial charge in [-0.15, -0.1) is 0 Å². The lowest BCUT2D eigenvalue weighted by atomic mass is 9.97. The van der Waals surface area contributed by atoms with E-state index in [2.05, 4.69) is 16.0 Å². The lowest BCUT2D eigenvalue weighted by Gasteiger charge is -2.06. The molecule has 5 aromatic rings. The molecule has 27 heavy (non-hydrogen) atoms. The van der Waals surface area contributed by atoms with Gasteiger partial charge in [-0.3, -0.25) is 9.78 Å². The first kappa shape index (κ1) is 15.5. The Bertz CT molecular complexity index is 1290. The monoisotopic (exact) mass is 348 g/mol. The molecule has 5 rings (SSSR count). The van der Waals surface area contributed by atoms with Crippen LogP contribution >= 0.6 is 0 Å². The van der Waals surface area contributed by atoms with Crippen molar-refractivity contribution in [2.75, 3.05) is 0 Å². The number of aromatic nitrogens is 2. The summed E-state index contributed by atoms with van der Waals surface area (Å²) in [5.74, 6) is -0.00106. The first-order valence-electron chi connectivity index (χ1n) is 8.87. The van der Waals surface area contributed by atoms with Crippen LogP contribution in [0.15, 0.2) is 91.1 Å². The number of carbonyl (C=O) groups is 1. The molecule has 0 spiro atoms. The Morgan fingerprint density at radius 3 is 2.41 bits per heavy atom. The van der Waals surface area contributed by atoms with Crippen LogP contribution in [0.3, 0.4) is 0 Å². The summed E-state index contributed by atoms with van der Waals surface area (Å²) in [6, 6.07) is 27.5. The highest BCUT2D eigenvalue weighted by Gasteiger charge is 2.21.